The molecule has 0 aromatic heterocycles. The quantitative estimate of drug-likeness (QED) is 0.466. The van der Waals surface area contributed by atoms with E-state index in [1.54, 1.807) is 19.1 Å². The molecule has 0 aliphatic rings. The SMILES string of the molecule is Cc1ccc(C(O)C(O)CN=[N+]=[N-])cc1C#N. The highest BCUT2D eigenvalue weighted by atomic mass is 16.3. The second-order valence-corrected chi connectivity index (χ2v) is 3.61. The second kappa shape index (κ2) is 5.87. The molecule has 1 aromatic rings. The van der Waals surface area contributed by atoms with Gasteiger partial charge < -0.3 is 10.2 Å². The molecule has 0 spiro atoms. The first kappa shape index (κ1) is 13.0. The van der Waals surface area contributed by atoms with Crippen LogP contribution in [0.2, 0.25) is 0 Å². The molecule has 0 saturated heterocycles. The molecule has 0 heterocycles. The molecule has 0 amide bonds. The van der Waals surface area contributed by atoms with Crippen LogP contribution in [0.25, 0.3) is 10.4 Å². The molecule has 1 rings (SSSR count). The normalized spacial score (nSPS) is 13.3. The molecular formula is C11H12N4O2. The Morgan fingerprint density at radius 2 is 2.24 bits per heavy atom. The largest absolute Gasteiger partial charge is 0.390 e. The molecule has 0 saturated carbocycles. The van der Waals surface area contributed by atoms with E-state index < -0.39 is 12.2 Å². The first-order valence-electron chi connectivity index (χ1n) is 4.97. The third-order valence-corrected chi connectivity index (χ3v) is 2.42. The lowest BCUT2D eigenvalue weighted by Crippen LogP contribution is -2.21. The number of nitriles is 1. The number of nitrogens with zero attached hydrogens (tertiary/aromatic N) is 4. The summed E-state index contributed by atoms with van der Waals surface area (Å²) in [5.41, 5.74) is 9.77. The van der Waals surface area contributed by atoms with Gasteiger partial charge in [-0.05, 0) is 29.6 Å². The van der Waals surface area contributed by atoms with Gasteiger partial charge in [-0.3, -0.25) is 0 Å². The van der Waals surface area contributed by atoms with E-state index in [1.807, 2.05) is 6.07 Å². The number of aliphatic hydroxyl groups is 2. The minimum Gasteiger partial charge on any atom is -0.390 e. The van der Waals surface area contributed by atoms with Gasteiger partial charge in [0.2, 0.25) is 0 Å². The van der Waals surface area contributed by atoms with E-state index in [2.05, 4.69) is 10.0 Å². The summed E-state index contributed by atoms with van der Waals surface area (Å²) < 4.78 is 0. The van der Waals surface area contributed by atoms with Crippen molar-refractivity contribution in [3.8, 4) is 6.07 Å². The second-order valence-electron chi connectivity index (χ2n) is 3.61. The summed E-state index contributed by atoms with van der Waals surface area (Å²) >= 11 is 0. The van der Waals surface area contributed by atoms with Gasteiger partial charge in [-0.15, -0.1) is 0 Å². The van der Waals surface area contributed by atoms with E-state index in [0.717, 1.165) is 5.56 Å². The number of aliphatic hydroxyl groups excluding tert-OH is 2. The van der Waals surface area contributed by atoms with Crippen LogP contribution in [0.4, 0.5) is 0 Å². The van der Waals surface area contributed by atoms with Gasteiger partial charge in [0.05, 0.1) is 24.3 Å². The summed E-state index contributed by atoms with van der Waals surface area (Å²) in [7, 11) is 0. The molecule has 17 heavy (non-hydrogen) atoms. The van der Waals surface area contributed by atoms with Crippen molar-refractivity contribution in [2.75, 3.05) is 6.54 Å². The van der Waals surface area contributed by atoms with Crippen LogP contribution in [-0.2, 0) is 0 Å². The van der Waals surface area contributed by atoms with E-state index >= 15 is 0 Å². The summed E-state index contributed by atoms with van der Waals surface area (Å²) in [6, 6.07) is 6.83. The number of azide groups is 1. The standard InChI is InChI=1S/C11H12N4O2/c1-7-2-3-8(4-9(7)5-12)11(17)10(16)6-14-15-13/h2-4,10-11,16-17H,6H2,1H3. The minimum absolute atomic E-state index is 0.215. The summed E-state index contributed by atoms with van der Waals surface area (Å²) in [6.45, 7) is 1.57. The summed E-state index contributed by atoms with van der Waals surface area (Å²) in [4.78, 5) is 2.50. The van der Waals surface area contributed by atoms with Crippen LogP contribution in [0.3, 0.4) is 0 Å². The Bertz CT molecular complexity index is 489. The molecule has 2 unspecified atom stereocenters. The first-order chi connectivity index (χ1) is 8.10. The lowest BCUT2D eigenvalue weighted by molar-refractivity contribution is 0.0244. The van der Waals surface area contributed by atoms with E-state index in [-0.39, 0.29) is 6.54 Å². The third kappa shape index (κ3) is 3.20. The van der Waals surface area contributed by atoms with Crippen molar-refractivity contribution in [1.29, 1.82) is 5.26 Å². The highest BCUT2D eigenvalue weighted by molar-refractivity contribution is 5.40. The van der Waals surface area contributed by atoms with Gasteiger partial charge >= 0.3 is 0 Å². The Morgan fingerprint density at radius 3 is 2.82 bits per heavy atom. The summed E-state index contributed by atoms with van der Waals surface area (Å²) in [5.74, 6) is 0. The molecule has 6 heteroatoms. The molecule has 0 bridgehead atoms. The Morgan fingerprint density at radius 1 is 1.53 bits per heavy atom. The van der Waals surface area contributed by atoms with E-state index in [4.69, 9.17) is 10.8 Å². The van der Waals surface area contributed by atoms with Gasteiger partial charge in [-0.25, -0.2) is 0 Å². The lowest BCUT2D eigenvalue weighted by Gasteiger charge is -2.16. The fraction of sp³-hybridized carbons (Fsp3) is 0.364. The highest BCUT2D eigenvalue weighted by Crippen LogP contribution is 2.20. The molecule has 2 N–H and O–H groups in total. The van der Waals surface area contributed by atoms with Crippen LogP contribution in [0.15, 0.2) is 23.3 Å². The fourth-order valence-electron chi connectivity index (χ4n) is 1.39. The minimum atomic E-state index is -1.18. The number of aryl methyl sites for hydroxylation is 1. The maximum atomic E-state index is 9.78. The first-order valence-corrected chi connectivity index (χ1v) is 4.97. The zero-order valence-electron chi connectivity index (χ0n) is 9.28. The monoisotopic (exact) mass is 232 g/mol. The number of rotatable bonds is 4. The fourth-order valence-corrected chi connectivity index (χ4v) is 1.39. The van der Waals surface area contributed by atoms with Crippen molar-refractivity contribution >= 4 is 0 Å². The van der Waals surface area contributed by atoms with Gasteiger partial charge in [-0.2, -0.15) is 5.26 Å². The lowest BCUT2D eigenvalue weighted by atomic mass is 9.99. The van der Waals surface area contributed by atoms with Gasteiger partial charge in [0.25, 0.3) is 0 Å². The molecule has 1 aromatic carbocycles. The van der Waals surface area contributed by atoms with Crippen LogP contribution in [0.5, 0.6) is 0 Å². The predicted octanol–water partition coefficient (Wildman–Crippen LogP) is 1.57. The molecule has 6 nitrogen and oxygen atoms in total. The molecule has 0 radical (unpaired) electrons. The van der Waals surface area contributed by atoms with Crippen molar-refractivity contribution in [1.82, 2.24) is 0 Å². The highest BCUT2D eigenvalue weighted by Gasteiger charge is 2.18. The van der Waals surface area contributed by atoms with Crippen LogP contribution in [0, 0.1) is 18.3 Å². The Hall–Kier alpha value is -2.06. The molecular weight excluding hydrogens is 220 g/mol. The molecule has 0 aliphatic carbocycles. The molecule has 0 aliphatic heterocycles. The molecule has 88 valence electrons. The van der Waals surface area contributed by atoms with Crippen LogP contribution in [0.1, 0.15) is 22.8 Å². The topological polar surface area (TPSA) is 113 Å². The molecule has 0 fully saturated rings. The maximum absolute atomic E-state index is 9.78. The van der Waals surface area contributed by atoms with Crippen LogP contribution < -0.4 is 0 Å². The Balaban J connectivity index is 2.93. The zero-order valence-corrected chi connectivity index (χ0v) is 9.28. The smallest absolute Gasteiger partial charge is 0.105 e. The Kier molecular flexibility index (Phi) is 4.49. The summed E-state index contributed by atoms with van der Waals surface area (Å²) in [6.07, 6.45) is -2.35. The number of hydrogen-bond acceptors (Lipinski definition) is 4. The number of hydrogen-bond donors (Lipinski definition) is 2. The zero-order chi connectivity index (χ0) is 12.8. The maximum Gasteiger partial charge on any atom is 0.105 e. The van der Waals surface area contributed by atoms with Crippen molar-refractivity contribution < 1.29 is 10.2 Å². The van der Waals surface area contributed by atoms with Gasteiger partial charge in [0.15, 0.2) is 0 Å². The Labute approximate surface area is 98.4 Å². The number of benzene rings is 1. The predicted molar refractivity (Wildman–Crippen MR) is 60.9 cm³/mol. The van der Waals surface area contributed by atoms with E-state index in [0.29, 0.717) is 11.1 Å². The van der Waals surface area contributed by atoms with Crippen molar-refractivity contribution in [2.45, 2.75) is 19.1 Å². The van der Waals surface area contributed by atoms with E-state index in [9.17, 15) is 10.2 Å². The van der Waals surface area contributed by atoms with Gasteiger partial charge in [-0.1, -0.05) is 17.2 Å². The van der Waals surface area contributed by atoms with Gasteiger partial charge in [0.1, 0.15) is 6.10 Å². The average Bonchev–Trinajstić information content (AvgIpc) is 2.35. The third-order valence-electron chi connectivity index (χ3n) is 2.42. The average molecular weight is 232 g/mol. The van der Waals surface area contributed by atoms with E-state index in [1.165, 1.54) is 6.07 Å². The van der Waals surface area contributed by atoms with Gasteiger partial charge in [0, 0.05) is 4.91 Å². The van der Waals surface area contributed by atoms with Crippen LogP contribution >= 0.6 is 0 Å². The summed E-state index contributed by atoms with van der Waals surface area (Å²) in [5, 5.41) is 31.3. The van der Waals surface area contributed by atoms with Crippen molar-refractivity contribution in [3.63, 3.8) is 0 Å². The van der Waals surface area contributed by atoms with Crippen LogP contribution in [-0.4, -0.2) is 22.9 Å². The van der Waals surface area contributed by atoms with Crippen molar-refractivity contribution in [3.05, 3.63) is 45.3 Å². The van der Waals surface area contributed by atoms with Crippen molar-refractivity contribution in [2.24, 2.45) is 5.11 Å². The molecule has 2 atom stereocenters.